The van der Waals surface area contributed by atoms with Crippen molar-refractivity contribution in [1.29, 1.82) is 0 Å². The van der Waals surface area contributed by atoms with Gasteiger partial charge in [-0.15, -0.1) is 0 Å². The Morgan fingerprint density at radius 3 is 1.80 bits per heavy atom. The maximum Gasteiger partial charge on any atom is 0.230 e. The molecule has 0 atom stereocenters. The molecule has 5 heteroatoms. The summed E-state index contributed by atoms with van der Waals surface area (Å²) < 4.78 is 23.9. The Hall–Kier alpha value is -0.710. The van der Waals surface area contributed by atoms with Gasteiger partial charge in [-0.2, -0.15) is 0 Å². The van der Waals surface area contributed by atoms with Gasteiger partial charge in [0.05, 0.1) is 0 Å². The average molecular weight is 152 g/mol. The van der Waals surface area contributed by atoms with Crippen LogP contribution in [-0.2, 0) is 4.79 Å². The summed E-state index contributed by atoms with van der Waals surface area (Å²) in [5.41, 5.74) is 7.86. The number of amides is 1. The summed E-state index contributed by atoms with van der Waals surface area (Å²) in [5, 5.41) is 0. The molecule has 10 heavy (non-hydrogen) atoms. The molecule has 0 aliphatic rings. The van der Waals surface area contributed by atoms with E-state index < -0.39 is 31.2 Å². The number of hydrogen-bond donors (Lipinski definition) is 2. The summed E-state index contributed by atoms with van der Waals surface area (Å²) in [6, 6.07) is 0. The Labute approximate surface area is 57.4 Å². The molecule has 0 bridgehead atoms. The lowest BCUT2D eigenvalue weighted by Crippen LogP contribution is -2.46. The number of carbonyl (C=O) groups is 1. The molecule has 0 aliphatic carbocycles. The van der Waals surface area contributed by atoms with E-state index in [4.69, 9.17) is 11.5 Å². The van der Waals surface area contributed by atoms with E-state index in [1.807, 2.05) is 0 Å². The van der Waals surface area contributed by atoms with Crippen LogP contribution in [0.2, 0.25) is 0 Å². The largest absolute Gasteiger partial charge is 0.369 e. The molecular formula is C5H10F2N2O. The van der Waals surface area contributed by atoms with E-state index >= 15 is 0 Å². The maximum absolute atomic E-state index is 11.9. The molecule has 4 N–H and O–H groups in total. The molecule has 1 amide bonds. The van der Waals surface area contributed by atoms with E-state index in [1.54, 1.807) is 0 Å². The van der Waals surface area contributed by atoms with Crippen LogP contribution < -0.4 is 11.5 Å². The summed E-state index contributed by atoms with van der Waals surface area (Å²) in [7, 11) is 0. The zero-order chi connectivity index (χ0) is 8.20. The highest BCUT2D eigenvalue weighted by molar-refractivity contribution is 5.81. The number of carbonyl (C=O) groups excluding carboxylic acids is 1. The van der Waals surface area contributed by atoms with Crippen molar-refractivity contribution in [2.45, 2.75) is 0 Å². The van der Waals surface area contributed by atoms with Gasteiger partial charge in [0.25, 0.3) is 0 Å². The summed E-state index contributed by atoms with van der Waals surface area (Å²) in [4.78, 5) is 10.4. The molecule has 0 aliphatic heterocycles. The van der Waals surface area contributed by atoms with Gasteiger partial charge >= 0.3 is 0 Å². The minimum absolute atomic E-state index is 0.394. The predicted octanol–water partition coefficient (Wildman–Crippen LogP) is -0.644. The Morgan fingerprint density at radius 2 is 1.80 bits per heavy atom. The highest BCUT2D eigenvalue weighted by Gasteiger charge is 2.35. The third-order valence-corrected chi connectivity index (χ3v) is 1.43. The molecular weight excluding hydrogens is 142 g/mol. The van der Waals surface area contributed by atoms with E-state index in [2.05, 4.69) is 0 Å². The Balaban J connectivity index is 4.31. The quantitative estimate of drug-likeness (QED) is 0.562. The van der Waals surface area contributed by atoms with Gasteiger partial charge in [-0.05, 0) is 0 Å². The number of primary amides is 1. The standard InChI is InChI=1S/C5H10F2N2O/c6-1-5(2-7,3-8)4(9)10/h1-3,8H2,(H2,9,10). The topological polar surface area (TPSA) is 69.1 Å². The smallest absolute Gasteiger partial charge is 0.230 e. The van der Waals surface area contributed by atoms with Crippen LogP contribution in [0.3, 0.4) is 0 Å². The van der Waals surface area contributed by atoms with Crippen molar-refractivity contribution in [3.8, 4) is 0 Å². The Morgan fingerprint density at radius 1 is 1.40 bits per heavy atom. The monoisotopic (exact) mass is 152 g/mol. The second kappa shape index (κ2) is 3.46. The molecule has 0 rings (SSSR count). The van der Waals surface area contributed by atoms with Crippen molar-refractivity contribution in [3.05, 3.63) is 0 Å². The Bertz CT molecular complexity index is 117. The van der Waals surface area contributed by atoms with Crippen LogP contribution in [0.4, 0.5) is 8.78 Å². The third kappa shape index (κ3) is 1.41. The van der Waals surface area contributed by atoms with Crippen LogP contribution in [-0.4, -0.2) is 25.8 Å². The van der Waals surface area contributed by atoms with Gasteiger partial charge in [0, 0.05) is 6.54 Å². The molecule has 0 saturated heterocycles. The first-order chi connectivity index (χ1) is 4.63. The van der Waals surface area contributed by atoms with Crippen molar-refractivity contribution < 1.29 is 13.6 Å². The van der Waals surface area contributed by atoms with E-state index in [0.717, 1.165) is 0 Å². The van der Waals surface area contributed by atoms with Gasteiger partial charge in [0.1, 0.15) is 18.8 Å². The van der Waals surface area contributed by atoms with Crippen molar-refractivity contribution >= 4 is 5.91 Å². The lowest BCUT2D eigenvalue weighted by molar-refractivity contribution is -0.129. The van der Waals surface area contributed by atoms with Gasteiger partial charge in [-0.1, -0.05) is 0 Å². The first-order valence-corrected chi connectivity index (χ1v) is 2.75. The number of hydrogen-bond acceptors (Lipinski definition) is 2. The van der Waals surface area contributed by atoms with E-state index in [9.17, 15) is 13.6 Å². The maximum atomic E-state index is 11.9. The third-order valence-electron chi connectivity index (χ3n) is 1.43. The number of rotatable bonds is 4. The summed E-state index contributed by atoms with van der Waals surface area (Å²) in [6.45, 7) is -2.68. The molecule has 0 saturated carbocycles. The summed E-state index contributed by atoms with van der Waals surface area (Å²) in [5.74, 6) is -1.03. The summed E-state index contributed by atoms with van der Waals surface area (Å²) in [6.07, 6.45) is 0. The van der Waals surface area contributed by atoms with Crippen molar-refractivity contribution in [3.63, 3.8) is 0 Å². The molecule has 0 aromatic heterocycles. The van der Waals surface area contributed by atoms with E-state index in [1.165, 1.54) is 0 Å². The van der Waals surface area contributed by atoms with Crippen molar-refractivity contribution in [2.24, 2.45) is 16.9 Å². The first-order valence-electron chi connectivity index (χ1n) is 2.75. The fourth-order valence-electron chi connectivity index (χ4n) is 0.377. The second-order valence-corrected chi connectivity index (χ2v) is 2.12. The summed E-state index contributed by atoms with van der Waals surface area (Å²) >= 11 is 0. The molecule has 0 spiro atoms. The molecule has 0 radical (unpaired) electrons. The molecule has 0 heterocycles. The fraction of sp³-hybridized carbons (Fsp3) is 0.800. The van der Waals surface area contributed by atoms with Gasteiger partial charge in [-0.3, -0.25) is 4.79 Å². The number of halogens is 2. The molecule has 0 fully saturated rings. The molecule has 60 valence electrons. The highest BCUT2D eigenvalue weighted by atomic mass is 19.1. The van der Waals surface area contributed by atoms with Crippen LogP contribution in [0.15, 0.2) is 0 Å². The lowest BCUT2D eigenvalue weighted by Gasteiger charge is -2.20. The number of nitrogens with two attached hydrogens (primary N) is 2. The lowest BCUT2D eigenvalue weighted by atomic mass is 9.91. The molecule has 0 aromatic rings. The van der Waals surface area contributed by atoms with Gasteiger partial charge in [0.15, 0.2) is 0 Å². The molecule has 0 aromatic carbocycles. The SMILES string of the molecule is NCC(CF)(CF)C(N)=O. The van der Waals surface area contributed by atoms with Crippen LogP contribution in [0.25, 0.3) is 0 Å². The number of alkyl halides is 2. The van der Waals surface area contributed by atoms with Gasteiger partial charge in [-0.25, -0.2) is 8.78 Å². The van der Waals surface area contributed by atoms with Crippen LogP contribution >= 0.6 is 0 Å². The van der Waals surface area contributed by atoms with E-state index in [-0.39, 0.29) is 0 Å². The van der Waals surface area contributed by atoms with Crippen molar-refractivity contribution in [2.75, 3.05) is 19.9 Å². The normalized spacial score (nSPS) is 11.5. The zero-order valence-electron chi connectivity index (χ0n) is 5.44. The second-order valence-electron chi connectivity index (χ2n) is 2.12. The minimum atomic E-state index is -1.79. The highest BCUT2D eigenvalue weighted by Crippen LogP contribution is 2.15. The van der Waals surface area contributed by atoms with Gasteiger partial charge < -0.3 is 11.5 Å². The van der Waals surface area contributed by atoms with Crippen LogP contribution in [0.5, 0.6) is 0 Å². The predicted molar refractivity (Wildman–Crippen MR) is 32.6 cm³/mol. The van der Waals surface area contributed by atoms with Crippen LogP contribution in [0.1, 0.15) is 0 Å². The van der Waals surface area contributed by atoms with Gasteiger partial charge in [0.2, 0.25) is 5.91 Å². The zero-order valence-corrected chi connectivity index (χ0v) is 5.44. The first kappa shape index (κ1) is 9.29. The Kier molecular flexibility index (Phi) is 3.21. The van der Waals surface area contributed by atoms with Crippen molar-refractivity contribution in [1.82, 2.24) is 0 Å². The molecule has 3 nitrogen and oxygen atoms in total. The average Bonchev–Trinajstić information content (AvgIpc) is 1.92. The fourth-order valence-corrected chi connectivity index (χ4v) is 0.377. The molecule has 0 unspecified atom stereocenters. The van der Waals surface area contributed by atoms with Crippen LogP contribution in [0, 0.1) is 5.41 Å². The minimum Gasteiger partial charge on any atom is -0.369 e. The van der Waals surface area contributed by atoms with E-state index in [0.29, 0.717) is 0 Å².